The second-order valence-corrected chi connectivity index (χ2v) is 16.1. The molecule has 0 bridgehead atoms. The molecule has 182 valence electrons. The van der Waals surface area contributed by atoms with Crippen LogP contribution in [0.4, 0.5) is 4.79 Å². The van der Waals surface area contributed by atoms with Crippen LogP contribution in [-0.2, 0) is 14.0 Å². The smallest absolute Gasteiger partial charge is 0.408 e. The molecule has 0 aromatic heterocycles. The number of rotatable bonds is 8. The SMILES string of the molecule is CC(C)[C@H](NC(=O)OC(C)(C)C)C(=O)N[C@@H](C)[C@H](O[Si](C)(C)C(C)(C)C)c1ccccc1. The van der Waals surface area contributed by atoms with Crippen LogP contribution in [-0.4, -0.2) is 38.0 Å². The van der Waals surface area contributed by atoms with Crippen LogP contribution in [0.25, 0.3) is 0 Å². The van der Waals surface area contributed by atoms with Gasteiger partial charge in [-0.3, -0.25) is 4.79 Å². The van der Waals surface area contributed by atoms with E-state index >= 15 is 0 Å². The number of alkyl carbamates (subject to hydrolysis) is 1. The lowest BCUT2D eigenvalue weighted by molar-refractivity contribution is -0.125. The van der Waals surface area contributed by atoms with Crippen molar-refractivity contribution in [2.75, 3.05) is 0 Å². The Hall–Kier alpha value is -1.86. The molecule has 7 heteroatoms. The van der Waals surface area contributed by atoms with Gasteiger partial charge in [0.15, 0.2) is 8.32 Å². The molecule has 1 aromatic rings. The lowest BCUT2D eigenvalue weighted by Crippen LogP contribution is -2.54. The third kappa shape index (κ3) is 8.58. The van der Waals surface area contributed by atoms with Gasteiger partial charge in [0.25, 0.3) is 0 Å². The van der Waals surface area contributed by atoms with Crippen molar-refractivity contribution in [2.24, 2.45) is 5.92 Å². The molecule has 0 saturated carbocycles. The maximum absolute atomic E-state index is 13.2. The largest absolute Gasteiger partial charge is 0.444 e. The van der Waals surface area contributed by atoms with Crippen LogP contribution in [0.15, 0.2) is 30.3 Å². The first-order valence-electron chi connectivity index (χ1n) is 11.5. The summed E-state index contributed by atoms with van der Waals surface area (Å²) in [5, 5.41) is 5.84. The predicted molar refractivity (Wildman–Crippen MR) is 133 cm³/mol. The Morgan fingerprint density at radius 2 is 1.44 bits per heavy atom. The van der Waals surface area contributed by atoms with Gasteiger partial charge in [-0.25, -0.2) is 4.79 Å². The van der Waals surface area contributed by atoms with Gasteiger partial charge in [0, 0.05) is 0 Å². The highest BCUT2D eigenvalue weighted by molar-refractivity contribution is 6.74. The maximum Gasteiger partial charge on any atom is 0.408 e. The zero-order valence-corrected chi connectivity index (χ0v) is 22.8. The van der Waals surface area contributed by atoms with Gasteiger partial charge < -0.3 is 19.8 Å². The van der Waals surface area contributed by atoms with Gasteiger partial charge in [-0.2, -0.15) is 0 Å². The van der Waals surface area contributed by atoms with Gasteiger partial charge in [-0.15, -0.1) is 0 Å². The Morgan fingerprint density at radius 1 is 0.906 bits per heavy atom. The van der Waals surface area contributed by atoms with Crippen LogP contribution in [0.3, 0.4) is 0 Å². The van der Waals surface area contributed by atoms with Crippen LogP contribution >= 0.6 is 0 Å². The number of hydrogen-bond acceptors (Lipinski definition) is 4. The molecular formula is C25H44N2O4Si. The molecule has 0 unspecified atom stereocenters. The summed E-state index contributed by atoms with van der Waals surface area (Å²) in [6.45, 7) is 22.1. The Bertz CT molecular complexity index is 751. The quantitative estimate of drug-likeness (QED) is 0.476. The molecule has 1 aromatic carbocycles. The van der Waals surface area contributed by atoms with E-state index < -0.39 is 26.1 Å². The molecule has 0 spiro atoms. The molecular weight excluding hydrogens is 420 g/mol. The van der Waals surface area contributed by atoms with Crippen molar-refractivity contribution in [1.29, 1.82) is 0 Å². The molecule has 32 heavy (non-hydrogen) atoms. The Balaban J connectivity index is 3.07. The van der Waals surface area contributed by atoms with Crippen LogP contribution < -0.4 is 10.6 Å². The minimum Gasteiger partial charge on any atom is -0.444 e. The van der Waals surface area contributed by atoms with E-state index in [4.69, 9.17) is 9.16 Å². The van der Waals surface area contributed by atoms with E-state index in [9.17, 15) is 9.59 Å². The fraction of sp³-hybridized carbons (Fsp3) is 0.680. The van der Waals surface area contributed by atoms with E-state index in [-0.39, 0.29) is 29.0 Å². The summed E-state index contributed by atoms with van der Waals surface area (Å²) < 4.78 is 12.1. The topological polar surface area (TPSA) is 76.7 Å². The van der Waals surface area contributed by atoms with Gasteiger partial charge in [0.05, 0.1) is 12.1 Å². The summed E-state index contributed by atoms with van der Waals surface area (Å²) in [6.07, 6.45) is -0.897. The van der Waals surface area contributed by atoms with E-state index in [2.05, 4.69) is 44.5 Å². The summed E-state index contributed by atoms with van der Waals surface area (Å²) >= 11 is 0. The number of carbonyl (C=O) groups excluding carboxylic acids is 2. The molecule has 0 aliphatic rings. The van der Waals surface area contributed by atoms with Crippen LogP contribution in [0.2, 0.25) is 18.1 Å². The second-order valence-electron chi connectivity index (χ2n) is 11.4. The predicted octanol–water partition coefficient (Wildman–Crippen LogP) is 5.80. The zero-order valence-electron chi connectivity index (χ0n) is 21.8. The highest BCUT2D eigenvalue weighted by Gasteiger charge is 2.41. The molecule has 0 radical (unpaired) electrons. The summed E-state index contributed by atoms with van der Waals surface area (Å²) in [4.78, 5) is 25.5. The van der Waals surface area contributed by atoms with Gasteiger partial charge in [-0.05, 0) is 57.3 Å². The summed E-state index contributed by atoms with van der Waals surface area (Å²) in [7, 11) is -2.11. The van der Waals surface area contributed by atoms with E-state index in [1.807, 2.05) is 51.1 Å². The standard InChI is InChI=1S/C25H44N2O4Si/c1-17(2)20(27-23(29)30-24(4,5)6)22(28)26-18(3)21(19-15-13-12-14-16-19)31-32(10,11)25(7,8)9/h12-18,20-21H,1-11H3,(H,26,28)(H,27,29)/t18-,20-,21-/m0/s1. The van der Waals surface area contributed by atoms with E-state index in [1.54, 1.807) is 20.8 Å². The van der Waals surface area contributed by atoms with Gasteiger partial charge >= 0.3 is 6.09 Å². The lowest BCUT2D eigenvalue weighted by atomic mass is 10.0. The Morgan fingerprint density at radius 3 is 1.88 bits per heavy atom. The average molecular weight is 465 g/mol. The van der Waals surface area contributed by atoms with Crippen molar-refractivity contribution in [3.8, 4) is 0 Å². The van der Waals surface area contributed by atoms with Crippen LogP contribution in [0.1, 0.15) is 74.0 Å². The molecule has 0 fully saturated rings. The third-order valence-corrected chi connectivity index (χ3v) is 10.3. The molecule has 2 N–H and O–H groups in total. The number of amides is 2. The summed E-state index contributed by atoms with van der Waals surface area (Å²) in [6, 6.07) is 8.98. The fourth-order valence-electron chi connectivity index (χ4n) is 2.96. The van der Waals surface area contributed by atoms with Crippen LogP contribution in [0, 0.1) is 5.92 Å². The molecule has 3 atom stereocenters. The maximum atomic E-state index is 13.2. The first-order chi connectivity index (χ1) is 14.4. The highest BCUT2D eigenvalue weighted by Crippen LogP contribution is 2.40. The van der Waals surface area contributed by atoms with Gasteiger partial charge in [0.2, 0.25) is 5.91 Å². The number of nitrogens with one attached hydrogen (secondary N) is 2. The normalized spacial score (nSPS) is 15.6. The van der Waals surface area contributed by atoms with Crippen molar-refractivity contribution in [3.63, 3.8) is 0 Å². The summed E-state index contributed by atoms with van der Waals surface area (Å²) in [5.74, 6) is -0.357. The molecule has 6 nitrogen and oxygen atoms in total. The van der Waals surface area contributed by atoms with Gasteiger partial charge in [-0.1, -0.05) is 65.0 Å². The second kappa shape index (κ2) is 10.8. The minimum absolute atomic E-state index is 0.0303. The van der Waals surface area contributed by atoms with E-state index in [1.165, 1.54) is 0 Å². The zero-order chi connectivity index (χ0) is 24.9. The fourth-order valence-corrected chi connectivity index (χ4v) is 4.28. The van der Waals surface area contributed by atoms with Crippen molar-refractivity contribution in [3.05, 3.63) is 35.9 Å². The molecule has 0 aliphatic heterocycles. The van der Waals surface area contributed by atoms with Crippen molar-refractivity contribution >= 4 is 20.3 Å². The third-order valence-electron chi connectivity index (χ3n) is 5.80. The number of benzene rings is 1. The van der Waals surface area contributed by atoms with Crippen molar-refractivity contribution < 1.29 is 18.8 Å². The monoisotopic (exact) mass is 464 g/mol. The van der Waals surface area contributed by atoms with E-state index in [0.29, 0.717) is 0 Å². The molecule has 0 saturated heterocycles. The Labute approximate surface area is 196 Å². The van der Waals surface area contributed by atoms with Crippen molar-refractivity contribution in [2.45, 2.75) is 104 Å². The lowest BCUT2D eigenvalue weighted by Gasteiger charge is -2.41. The summed E-state index contributed by atoms with van der Waals surface area (Å²) in [5.41, 5.74) is 0.386. The molecule has 1 rings (SSSR count). The van der Waals surface area contributed by atoms with Crippen LogP contribution in [0.5, 0.6) is 0 Å². The average Bonchev–Trinajstić information content (AvgIpc) is 2.62. The number of hydrogen-bond donors (Lipinski definition) is 2. The highest BCUT2D eigenvalue weighted by atomic mass is 28.4. The Kier molecular flexibility index (Phi) is 9.54. The molecule has 2 amide bonds. The number of carbonyl (C=O) groups is 2. The number of ether oxygens (including phenoxy) is 1. The first kappa shape index (κ1) is 28.2. The van der Waals surface area contributed by atoms with Crippen molar-refractivity contribution in [1.82, 2.24) is 10.6 Å². The minimum atomic E-state index is -2.11. The molecule has 0 heterocycles. The van der Waals surface area contributed by atoms with Gasteiger partial charge in [0.1, 0.15) is 11.6 Å². The molecule has 0 aliphatic carbocycles. The first-order valence-corrected chi connectivity index (χ1v) is 14.4. The van der Waals surface area contributed by atoms with E-state index in [0.717, 1.165) is 5.56 Å².